The van der Waals surface area contributed by atoms with E-state index in [1.807, 2.05) is 25.1 Å². The molecular formula is C17H27N5O2S. The van der Waals surface area contributed by atoms with Gasteiger partial charge in [0.25, 0.3) is 0 Å². The lowest BCUT2D eigenvalue weighted by Crippen LogP contribution is -2.54. The zero-order valence-corrected chi connectivity index (χ0v) is 15.9. The van der Waals surface area contributed by atoms with Crippen LogP contribution in [0, 0.1) is 5.92 Å². The number of amides is 1. The number of rotatable bonds is 5. The van der Waals surface area contributed by atoms with Crippen LogP contribution in [-0.2, 0) is 9.53 Å². The van der Waals surface area contributed by atoms with Crippen LogP contribution in [0.4, 0.5) is 11.6 Å². The summed E-state index contributed by atoms with van der Waals surface area (Å²) in [6.45, 7) is 3.39. The second-order valence-electron chi connectivity index (χ2n) is 6.94. The van der Waals surface area contributed by atoms with Gasteiger partial charge < -0.3 is 20.3 Å². The number of nitrogens with zero attached hydrogens (tertiary/aromatic N) is 3. The van der Waals surface area contributed by atoms with Crippen LogP contribution in [0.25, 0.3) is 0 Å². The summed E-state index contributed by atoms with van der Waals surface area (Å²) in [4.78, 5) is 23.1. The Kier molecular flexibility index (Phi) is 6.01. The van der Waals surface area contributed by atoms with Gasteiger partial charge in [-0.1, -0.05) is 6.92 Å². The van der Waals surface area contributed by atoms with E-state index in [1.165, 1.54) is 0 Å². The highest BCUT2D eigenvalue weighted by Crippen LogP contribution is 2.32. The largest absolute Gasteiger partial charge is 0.379 e. The summed E-state index contributed by atoms with van der Waals surface area (Å²) < 4.78 is 5.62. The average Bonchev–Trinajstić information content (AvgIpc) is 3.03. The molecule has 3 rings (SSSR count). The minimum Gasteiger partial charge on any atom is -0.379 e. The number of hydrogen-bond acceptors (Lipinski definition) is 7. The molecule has 1 amide bonds. The van der Waals surface area contributed by atoms with E-state index in [-0.39, 0.29) is 23.2 Å². The number of nitrogens with one attached hydrogen (secondary N) is 2. The van der Waals surface area contributed by atoms with Crippen molar-refractivity contribution < 1.29 is 9.53 Å². The molecule has 1 aromatic rings. The highest BCUT2D eigenvalue weighted by molar-refractivity contribution is 8.00. The normalized spacial score (nSPS) is 29.2. The Balaban J connectivity index is 1.64. The second kappa shape index (κ2) is 8.23. The van der Waals surface area contributed by atoms with E-state index in [1.54, 1.807) is 18.1 Å². The molecule has 8 heteroatoms. The number of anilines is 2. The van der Waals surface area contributed by atoms with Crippen molar-refractivity contribution in [2.24, 2.45) is 5.92 Å². The van der Waals surface area contributed by atoms with Crippen LogP contribution >= 0.6 is 11.8 Å². The third kappa shape index (κ3) is 4.55. The standard InChI is InChI=1S/C17H27N5O2S/c1-11-5-7-25-16(11)17(23)21-12-4-6-24-9-13(12)20-14-8-15(22(2)3)19-10-18-14/h8,10-13,16H,4-7,9H2,1-3H3,(H,21,23)(H,18,19,20)/t11?,12-,13+,16?/m1/s1. The molecule has 138 valence electrons. The van der Waals surface area contributed by atoms with Crippen LogP contribution < -0.4 is 15.5 Å². The maximum absolute atomic E-state index is 12.6. The monoisotopic (exact) mass is 365 g/mol. The Hall–Kier alpha value is -1.54. The van der Waals surface area contributed by atoms with E-state index >= 15 is 0 Å². The van der Waals surface area contributed by atoms with E-state index < -0.39 is 0 Å². The molecule has 0 saturated carbocycles. The first-order valence-corrected chi connectivity index (χ1v) is 9.85. The second-order valence-corrected chi connectivity index (χ2v) is 8.19. The number of carbonyl (C=O) groups is 1. The lowest BCUT2D eigenvalue weighted by atomic mass is 10.0. The van der Waals surface area contributed by atoms with Crippen LogP contribution in [0.2, 0.25) is 0 Å². The number of carbonyl (C=O) groups excluding carboxylic acids is 1. The molecule has 0 radical (unpaired) electrons. The molecule has 0 bridgehead atoms. The fraction of sp³-hybridized carbons (Fsp3) is 0.706. The molecule has 2 unspecified atom stereocenters. The van der Waals surface area contributed by atoms with Gasteiger partial charge >= 0.3 is 0 Å². The Bertz CT molecular complexity index is 600. The number of aromatic nitrogens is 2. The van der Waals surface area contributed by atoms with Gasteiger partial charge in [-0.2, -0.15) is 0 Å². The molecule has 2 N–H and O–H groups in total. The molecule has 2 aliphatic heterocycles. The summed E-state index contributed by atoms with van der Waals surface area (Å²) >= 11 is 1.77. The first-order valence-electron chi connectivity index (χ1n) is 8.80. The third-order valence-electron chi connectivity index (χ3n) is 4.77. The predicted octanol–water partition coefficient (Wildman–Crippen LogP) is 1.37. The number of ether oxygens (including phenoxy) is 1. The Labute approximate surface area is 153 Å². The van der Waals surface area contributed by atoms with Gasteiger partial charge in [0.15, 0.2) is 0 Å². The molecule has 0 spiro atoms. The highest BCUT2D eigenvalue weighted by atomic mass is 32.2. The van der Waals surface area contributed by atoms with E-state index in [0.717, 1.165) is 30.2 Å². The summed E-state index contributed by atoms with van der Waals surface area (Å²) in [6.07, 6.45) is 3.47. The predicted molar refractivity (Wildman–Crippen MR) is 101 cm³/mol. The Morgan fingerprint density at radius 3 is 2.88 bits per heavy atom. The zero-order chi connectivity index (χ0) is 17.8. The molecule has 0 aromatic carbocycles. The van der Waals surface area contributed by atoms with Crippen LogP contribution in [0.3, 0.4) is 0 Å². The average molecular weight is 366 g/mol. The lowest BCUT2D eigenvalue weighted by Gasteiger charge is -2.34. The molecule has 4 atom stereocenters. The minimum absolute atomic E-state index is 0.00400. The van der Waals surface area contributed by atoms with Crippen molar-refractivity contribution >= 4 is 29.3 Å². The quantitative estimate of drug-likeness (QED) is 0.816. The lowest BCUT2D eigenvalue weighted by molar-refractivity contribution is -0.122. The van der Waals surface area contributed by atoms with Crippen LogP contribution in [0.1, 0.15) is 19.8 Å². The van der Waals surface area contributed by atoms with Crippen molar-refractivity contribution in [1.29, 1.82) is 0 Å². The molecule has 25 heavy (non-hydrogen) atoms. The molecule has 7 nitrogen and oxygen atoms in total. The van der Waals surface area contributed by atoms with Gasteiger partial charge in [0.05, 0.1) is 23.9 Å². The summed E-state index contributed by atoms with van der Waals surface area (Å²) in [6, 6.07) is 1.96. The van der Waals surface area contributed by atoms with Crippen molar-refractivity contribution in [1.82, 2.24) is 15.3 Å². The first kappa shape index (κ1) is 18.3. The van der Waals surface area contributed by atoms with Gasteiger partial charge in [0, 0.05) is 26.8 Å². The molecule has 0 aliphatic carbocycles. The van der Waals surface area contributed by atoms with E-state index in [9.17, 15) is 4.79 Å². The maximum Gasteiger partial charge on any atom is 0.233 e. The van der Waals surface area contributed by atoms with Crippen LogP contribution in [0.15, 0.2) is 12.4 Å². The summed E-state index contributed by atoms with van der Waals surface area (Å²) in [5.74, 6) is 3.26. The summed E-state index contributed by atoms with van der Waals surface area (Å²) in [5.41, 5.74) is 0. The van der Waals surface area contributed by atoms with Gasteiger partial charge in [-0.25, -0.2) is 9.97 Å². The molecular weight excluding hydrogens is 338 g/mol. The third-order valence-corrected chi connectivity index (χ3v) is 6.28. The SMILES string of the molecule is CC1CCSC1C(=O)N[C@@H]1CCOC[C@@H]1Nc1cc(N(C)C)ncn1. The smallest absolute Gasteiger partial charge is 0.233 e. The van der Waals surface area contributed by atoms with Crippen LogP contribution in [0.5, 0.6) is 0 Å². The fourth-order valence-electron chi connectivity index (χ4n) is 3.21. The molecule has 2 fully saturated rings. The van der Waals surface area contributed by atoms with Crippen molar-refractivity contribution in [2.75, 3.05) is 43.3 Å². The molecule has 2 saturated heterocycles. The topological polar surface area (TPSA) is 79.4 Å². The minimum atomic E-state index is 0.00400. The molecule has 2 aliphatic rings. The van der Waals surface area contributed by atoms with E-state index in [2.05, 4.69) is 27.5 Å². The van der Waals surface area contributed by atoms with Gasteiger partial charge in [0.1, 0.15) is 18.0 Å². The summed E-state index contributed by atoms with van der Waals surface area (Å²) in [7, 11) is 3.89. The Morgan fingerprint density at radius 2 is 2.16 bits per heavy atom. The van der Waals surface area contributed by atoms with Gasteiger partial charge in [-0.15, -0.1) is 11.8 Å². The Morgan fingerprint density at radius 1 is 1.32 bits per heavy atom. The van der Waals surface area contributed by atoms with E-state index in [0.29, 0.717) is 19.1 Å². The highest BCUT2D eigenvalue weighted by Gasteiger charge is 2.34. The summed E-state index contributed by atoms with van der Waals surface area (Å²) in [5, 5.41) is 6.72. The van der Waals surface area contributed by atoms with Crippen molar-refractivity contribution in [3.05, 3.63) is 12.4 Å². The van der Waals surface area contributed by atoms with Gasteiger partial charge in [-0.3, -0.25) is 4.79 Å². The van der Waals surface area contributed by atoms with E-state index in [4.69, 9.17) is 4.74 Å². The van der Waals surface area contributed by atoms with Crippen molar-refractivity contribution in [3.8, 4) is 0 Å². The molecule has 3 heterocycles. The van der Waals surface area contributed by atoms with Gasteiger partial charge in [0.2, 0.25) is 5.91 Å². The number of thioether (sulfide) groups is 1. The zero-order valence-electron chi connectivity index (χ0n) is 15.1. The molecule has 1 aromatic heterocycles. The first-order chi connectivity index (χ1) is 12.0. The van der Waals surface area contributed by atoms with Crippen LogP contribution in [-0.4, -0.2) is 66.3 Å². The van der Waals surface area contributed by atoms with Gasteiger partial charge in [-0.05, 0) is 24.5 Å². The van der Waals surface area contributed by atoms with Crippen molar-refractivity contribution in [2.45, 2.75) is 37.1 Å². The number of hydrogen-bond donors (Lipinski definition) is 2. The fourth-order valence-corrected chi connectivity index (χ4v) is 4.65. The maximum atomic E-state index is 12.6. The van der Waals surface area contributed by atoms with Crippen molar-refractivity contribution in [3.63, 3.8) is 0 Å².